The van der Waals surface area contributed by atoms with Crippen LogP contribution < -0.4 is 4.90 Å². The molecule has 0 N–H and O–H groups in total. The number of nitrogens with zero attached hydrogens (tertiary/aromatic N) is 2. The van der Waals surface area contributed by atoms with Gasteiger partial charge in [0.25, 0.3) is 11.8 Å². The lowest BCUT2D eigenvalue weighted by atomic mass is 10.1. The minimum atomic E-state index is -0.320. The van der Waals surface area contributed by atoms with Gasteiger partial charge < -0.3 is 0 Å². The summed E-state index contributed by atoms with van der Waals surface area (Å²) in [7, 11) is 0. The molecule has 0 unspecified atom stereocenters. The van der Waals surface area contributed by atoms with Crippen LogP contribution in [0.15, 0.2) is 42.5 Å². The second-order valence-electron chi connectivity index (χ2n) is 4.11. The molecule has 5 heteroatoms. The molecule has 3 rings (SSSR count). The first-order chi connectivity index (χ1) is 10.2. The Kier molecular flexibility index (Phi) is 4.85. The maximum atomic E-state index is 12.3. The van der Waals surface area contributed by atoms with Gasteiger partial charge in [-0.15, -0.1) is 0 Å². The van der Waals surface area contributed by atoms with E-state index in [9.17, 15) is 9.59 Å². The van der Waals surface area contributed by atoms with E-state index >= 15 is 0 Å². The Bertz CT molecular complexity index is 650. The summed E-state index contributed by atoms with van der Waals surface area (Å²) < 4.78 is 0. The number of carbonyl (C=O) groups is 2. The Morgan fingerprint density at radius 2 is 1.52 bits per heavy atom. The first-order valence-corrected chi connectivity index (χ1v) is 7.84. The Balaban J connectivity index is 0.000000774. The highest BCUT2D eigenvalue weighted by molar-refractivity contribution is 9.08. The first kappa shape index (κ1) is 15.4. The van der Waals surface area contributed by atoms with Crippen molar-refractivity contribution >= 4 is 33.6 Å². The Labute approximate surface area is 131 Å². The molecule has 0 bridgehead atoms. The second kappa shape index (κ2) is 6.63. The molecule has 108 valence electrons. The molecule has 0 spiro atoms. The number of imide groups is 1. The summed E-state index contributed by atoms with van der Waals surface area (Å²) in [6.07, 6.45) is 0. The zero-order valence-electron chi connectivity index (χ0n) is 11.8. The zero-order chi connectivity index (χ0) is 15.4. The summed E-state index contributed by atoms with van der Waals surface area (Å²) in [6, 6.07) is 12.1. The topological polar surface area (TPSA) is 50.3 Å². The summed E-state index contributed by atoms with van der Waals surface area (Å²) in [6.45, 7) is 4.00. The van der Waals surface area contributed by atoms with Gasteiger partial charge in [0.05, 0.1) is 16.8 Å². The highest BCUT2D eigenvalue weighted by Gasteiger charge is 2.36. The molecule has 1 aromatic heterocycles. The van der Waals surface area contributed by atoms with E-state index in [0.29, 0.717) is 22.3 Å². The molecule has 1 aliphatic heterocycles. The van der Waals surface area contributed by atoms with Crippen molar-refractivity contribution in [2.24, 2.45) is 0 Å². The average Bonchev–Trinajstić information content (AvgIpc) is 2.81. The number of alkyl halides is 1. The molecular weight excluding hydrogens is 332 g/mol. The fourth-order valence-electron chi connectivity index (χ4n) is 2.06. The number of pyridine rings is 1. The van der Waals surface area contributed by atoms with Crippen molar-refractivity contribution in [3.05, 3.63) is 59.3 Å². The van der Waals surface area contributed by atoms with Gasteiger partial charge in [0.1, 0.15) is 5.82 Å². The maximum absolute atomic E-state index is 12.3. The Morgan fingerprint density at radius 1 is 0.952 bits per heavy atom. The molecule has 1 aromatic carbocycles. The first-order valence-electron chi connectivity index (χ1n) is 6.72. The number of halogens is 1. The quantitative estimate of drug-likeness (QED) is 0.613. The van der Waals surface area contributed by atoms with Crippen molar-refractivity contribution in [1.29, 1.82) is 0 Å². The predicted molar refractivity (Wildman–Crippen MR) is 85.8 cm³/mol. The fourth-order valence-corrected chi connectivity index (χ4v) is 2.38. The van der Waals surface area contributed by atoms with Gasteiger partial charge in [-0.2, -0.15) is 0 Å². The van der Waals surface area contributed by atoms with Gasteiger partial charge in [0, 0.05) is 5.33 Å². The molecule has 0 radical (unpaired) electrons. The molecule has 1 aliphatic rings. The standard InChI is InChI=1S/C14H9BrN2O2.C2H6/c15-8-9-4-3-7-12(16-9)17-13(18)10-5-1-2-6-11(10)14(17)19;1-2/h1-7H,8H2;1-2H3. The lowest BCUT2D eigenvalue weighted by Crippen LogP contribution is -2.30. The van der Waals surface area contributed by atoms with Gasteiger partial charge in [0.15, 0.2) is 0 Å². The number of rotatable bonds is 2. The number of fused-ring (bicyclic) bond motifs is 1. The van der Waals surface area contributed by atoms with Crippen LogP contribution in [0.1, 0.15) is 40.3 Å². The average molecular weight is 347 g/mol. The third-order valence-corrected chi connectivity index (χ3v) is 3.53. The number of anilines is 1. The highest BCUT2D eigenvalue weighted by atomic mass is 79.9. The molecule has 2 heterocycles. The molecule has 2 amide bonds. The minimum Gasteiger partial charge on any atom is -0.268 e. The number of carbonyl (C=O) groups excluding carboxylic acids is 2. The summed E-state index contributed by atoms with van der Waals surface area (Å²) in [5.41, 5.74) is 1.63. The highest BCUT2D eigenvalue weighted by Crippen LogP contribution is 2.27. The SMILES string of the molecule is CC.O=C1c2ccccc2C(=O)N1c1cccc(CBr)n1. The molecular formula is C16H15BrN2O2. The molecule has 0 aliphatic carbocycles. The molecule has 21 heavy (non-hydrogen) atoms. The number of hydrogen-bond donors (Lipinski definition) is 0. The second-order valence-corrected chi connectivity index (χ2v) is 4.67. The molecule has 0 atom stereocenters. The van der Waals surface area contributed by atoms with Crippen molar-refractivity contribution in [2.45, 2.75) is 19.2 Å². The molecule has 2 aromatic rings. The Hall–Kier alpha value is -2.01. The van der Waals surface area contributed by atoms with Crippen LogP contribution in [0.3, 0.4) is 0 Å². The summed E-state index contributed by atoms with van der Waals surface area (Å²) in [5.74, 6) is -0.275. The zero-order valence-corrected chi connectivity index (χ0v) is 13.4. The molecule has 0 fully saturated rings. The summed E-state index contributed by atoms with van der Waals surface area (Å²) in [5, 5.41) is 0.573. The van der Waals surface area contributed by atoms with E-state index in [2.05, 4.69) is 20.9 Å². The summed E-state index contributed by atoms with van der Waals surface area (Å²) >= 11 is 3.31. The largest absolute Gasteiger partial charge is 0.268 e. The van der Waals surface area contributed by atoms with E-state index in [-0.39, 0.29) is 11.8 Å². The van der Waals surface area contributed by atoms with Gasteiger partial charge >= 0.3 is 0 Å². The molecule has 0 saturated heterocycles. The van der Waals surface area contributed by atoms with Crippen LogP contribution >= 0.6 is 15.9 Å². The van der Waals surface area contributed by atoms with Crippen molar-refractivity contribution in [2.75, 3.05) is 4.90 Å². The van der Waals surface area contributed by atoms with E-state index < -0.39 is 0 Å². The van der Waals surface area contributed by atoms with Crippen LogP contribution in [-0.2, 0) is 5.33 Å². The van der Waals surface area contributed by atoms with Crippen molar-refractivity contribution in [3.8, 4) is 0 Å². The van der Waals surface area contributed by atoms with E-state index in [1.54, 1.807) is 36.4 Å². The van der Waals surface area contributed by atoms with E-state index in [1.165, 1.54) is 0 Å². The predicted octanol–water partition coefficient (Wildman–Crippen LogP) is 3.80. The van der Waals surface area contributed by atoms with Crippen LogP contribution in [0.4, 0.5) is 5.82 Å². The lowest BCUT2D eigenvalue weighted by molar-refractivity contribution is 0.0925. The smallest absolute Gasteiger partial charge is 0.267 e. The van der Waals surface area contributed by atoms with Crippen LogP contribution in [0, 0.1) is 0 Å². The van der Waals surface area contributed by atoms with Crippen molar-refractivity contribution in [1.82, 2.24) is 4.98 Å². The van der Waals surface area contributed by atoms with Crippen LogP contribution in [-0.4, -0.2) is 16.8 Å². The van der Waals surface area contributed by atoms with Crippen LogP contribution in [0.25, 0.3) is 0 Å². The molecule has 0 saturated carbocycles. The van der Waals surface area contributed by atoms with Gasteiger partial charge in [-0.05, 0) is 24.3 Å². The third kappa shape index (κ3) is 2.74. The van der Waals surface area contributed by atoms with Crippen LogP contribution in [0.5, 0.6) is 0 Å². The third-order valence-electron chi connectivity index (χ3n) is 2.95. The maximum Gasteiger partial charge on any atom is 0.267 e. The van der Waals surface area contributed by atoms with Gasteiger partial charge in [-0.1, -0.05) is 48.0 Å². The van der Waals surface area contributed by atoms with E-state index in [4.69, 9.17) is 0 Å². The normalized spacial score (nSPS) is 12.8. The van der Waals surface area contributed by atoms with Crippen molar-refractivity contribution in [3.63, 3.8) is 0 Å². The number of amides is 2. The molecule has 4 nitrogen and oxygen atoms in total. The summed E-state index contributed by atoms with van der Waals surface area (Å²) in [4.78, 5) is 29.9. The van der Waals surface area contributed by atoms with Gasteiger partial charge in [-0.25, -0.2) is 9.88 Å². The van der Waals surface area contributed by atoms with Crippen molar-refractivity contribution < 1.29 is 9.59 Å². The monoisotopic (exact) mass is 346 g/mol. The number of aromatic nitrogens is 1. The van der Waals surface area contributed by atoms with Gasteiger partial charge in [-0.3, -0.25) is 9.59 Å². The van der Waals surface area contributed by atoms with Gasteiger partial charge in [0.2, 0.25) is 0 Å². The van der Waals surface area contributed by atoms with E-state index in [1.807, 2.05) is 19.9 Å². The van der Waals surface area contributed by atoms with Crippen LogP contribution in [0.2, 0.25) is 0 Å². The minimum absolute atomic E-state index is 0.320. The number of benzene rings is 1. The van der Waals surface area contributed by atoms with E-state index in [0.717, 1.165) is 10.6 Å². The fraction of sp³-hybridized carbons (Fsp3) is 0.188. The Morgan fingerprint density at radius 3 is 2.05 bits per heavy atom. The lowest BCUT2D eigenvalue weighted by Gasteiger charge is -2.13. The number of hydrogen-bond acceptors (Lipinski definition) is 3.